The zero-order chi connectivity index (χ0) is 13.9. The van der Waals surface area contributed by atoms with E-state index in [1.807, 2.05) is 0 Å². The van der Waals surface area contributed by atoms with E-state index < -0.39 is 0 Å². The molecule has 0 spiro atoms. The minimum Gasteiger partial charge on any atom is -0.489 e. The Kier molecular flexibility index (Phi) is 3.77. The fourth-order valence-electron chi connectivity index (χ4n) is 2.63. The van der Waals surface area contributed by atoms with Crippen molar-refractivity contribution in [2.75, 3.05) is 0 Å². The number of rotatable bonds is 5. The van der Waals surface area contributed by atoms with Crippen molar-refractivity contribution in [3.63, 3.8) is 0 Å². The van der Waals surface area contributed by atoms with Gasteiger partial charge in [-0.05, 0) is 59.6 Å². The van der Waals surface area contributed by atoms with E-state index in [-0.39, 0.29) is 0 Å². The molecular weight excluding hydrogens is 244 g/mol. The Balaban J connectivity index is 1.61. The van der Waals surface area contributed by atoms with E-state index in [1.165, 1.54) is 41.5 Å². The molecule has 1 unspecified atom stereocenters. The predicted octanol–water partition coefficient (Wildman–Crippen LogP) is 4.88. The van der Waals surface area contributed by atoms with Gasteiger partial charge in [-0.25, -0.2) is 0 Å². The summed E-state index contributed by atoms with van der Waals surface area (Å²) in [5.74, 6) is 1.58. The van der Waals surface area contributed by atoms with Crippen molar-refractivity contribution < 1.29 is 4.74 Å². The van der Waals surface area contributed by atoms with Gasteiger partial charge in [0, 0.05) is 0 Å². The average Bonchev–Trinajstić information content (AvgIpc) is 2.47. The molecule has 2 aromatic rings. The van der Waals surface area contributed by atoms with E-state index in [9.17, 15) is 0 Å². The van der Waals surface area contributed by atoms with Crippen LogP contribution in [0.25, 0.3) is 0 Å². The zero-order valence-corrected chi connectivity index (χ0v) is 12.4. The molecule has 20 heavy (non-hydrogen) atoms. The maximum absolute atomic E-state index is 5.88. The van der Waals surface area contributed by atoms with E-state index in [4.69, 9.17) is 4.74 Å². The lowest BCUT2D eigenvalue weighted by atomic mass is 9.87. The summed E-state index contributed by atoms with van der Waals surface area (Å²) >= 11 is 0. The Morgan fingerprint density at radius 2 is 1.75 bits per heavy atom. The van der Waals surface area contributed by atoms with Crippen molar-refractivity contribution in [3.8, 4) is 5.75 Å². The second-order valence-corrected chi connectivity index (χ2v) is 5.77. The van der Waals surface area contributed by atoms with Gasteiger partial charge in [-0.15, -0.1) is 0 Å². The molecule has 1 heteroatoms. The molecule has 0 N–H and O–H groups in total. The lowest BCUT2D eigenvalue weighted by molar-refractivity contribution is 0.306. The quantitative estimate of drug-likeness (QED) is 0.749. The lowest BCUT2D eigenvalue weighted by Gasteiger charge is -2.19. The molecule has 104 valence electrons. The standard InChI is InChI=1S/C19H22O/c1-3-14(2)16-8-10-19(11-9-16)20-13-15-4-5-17-6-7-18(17)12-15/h4-5,8-12,14H,3,6-7,13H2,1-2H3. The summed E-state index contributed by atoms with van der Waals surface area (Å²) in [5, 5.41) is 0. The van der Waals surface area contributed by atoms with Crippen LogP contribution in [0, 0.1) is 0 Å². The minimum atomic E-state index is 0.622. The molecule has 0 radical (unpaired) electrons. The largest absolute Gasteiger partial charge is 0.489 e. The first-order chi connectivity index (χ1) is 9.76. The Hall–Kier alpha value is -1.76. The first-order valence-electron chi connectivity index (χ1n) is 7.59. The molecule has 0 bridgehead atoms. The summed E-state index contributed by atoms with van der Waals surface area (Å²) in [6.45, 7) is 5.15. The molecule has 0 saturated carbocycles. The van der Waals surface area contributed by atoms with E-state index in [0.717, 1.165) is 5.75 Å². The number of hydrogen-bond acceptors (Lipinski definition) is 1. The van der Waals surface area contributed by atoms with Crippen molar-refractivity contribution >= 4 is 0 Å². The number of ether oxygens (including phenoxy) is 1. The number of aryl methyl sites for hydroxylation is 2. The van der Waals surface area contributed by atoms with Gasteiger partial charge in [0.25, 0.3) is 0 Å². The highest BCUT2D eigenvalue weighted by molar-refractivity contribution is 5.38. The second-order valence-electron chi connectivity index (χ2n) is 5.77. The molecule has 3 rings (SSSR count). The number of hydrogen-bond donors (Lipinski definition) is 0. The summed E-state index contributed by atoms with van der Waals surface area (Å²) in [5.41, 5.74) is 5.67. The molecule has 0 heterocycles. The second kappa shape index (κ2) is 5.70. The van der Waals surface area contributed by atoms with Crippen LogP contribution >= 0.6 is 0 Å². The fraction of sp³-hybridized carbons (Fsp3) is 0.368. The smallest absolute Gasteiger partial charge is 0.119 e. The summed E-state index contributed by atoms with van der Waals surface area (Å²) in [6, 6.07) is 15.2. The summed E-state index contributed by atoms with van der Waals surface area (Å²) in [4.78, 5) is 0. The molecule has 1 aliphatic carbocycles. The van der Waals surface area contributed by atoms with Crippen LogP contribution in [-0.2, 0) is 19.4 Å². The molecule has 2 aromatic carbocycles. The Morgan fingerprint density at radius 3 is 2.35 bits per heavy atom. The van der Waals surface area contributed by atoms with Gasteiger partial charge in [-0.3, -0.25) is 0 Å². The molecule has 1 atom stereocenters. The topological polar surface area (TPSA) is 9.23 Å². The van der Waals surface area contributed by atoms with Crippen LogP contribution in [0.2, 0.25) is 0 Å². The van der Waals surface area contributed by atoms with Gasteiger partial charge in [0.15, 0.2) is 0 Å². The van der Waals surface area contributed by atoms with Crippen LogP contribution in [0.4, 0.5) is 0 Å². The van der Waals surface area contributed by atoms with Crippen molar-refractivity contribution in [3.05, 3.63) is 64.7 Å². The van der Waals surface area contributed by atoms with Crippen LogP contribution in [0.15, 0.2) is 42.5 Å². The highest BCUT2D eigenvalue weighted by atomic mass is 16.5. The predicted molar refractivity (Wildman–Crippen MR) is 83.3 cm³/mol. The number of benzene rings is 2. The highest BCUT2D eigenvalue weighted by Crippen LogP contribution is 2.25. The monoisotopic (exact) mass is 266 g/mol. The van der Waals surface area contributed by atoms with Crippen LogP contribution in [0.3, 0.4) is 0 Å². The third-order valence-corrected chi connectivity index (χ3v) is 4.40. The Bertz CT molecular complexity index is 583. The zero-order valence-electron chi connectivity index (χ0n) is 12.4. The van der Waals surface area contributed by atoms with Gasteiger partial charge in [0.1, 0.15) is 12.4 Å². The van der Waals surface area contributed by atoms with Gasteiger partial charge in [-0.1, -0.05) is 44.2 Å². The summed E-state index contributed by atoms with van der Waals surface area (Å²) in [6.07, 6.45) is 3.65. The fourth-order valence-corrected chi connectivity index (χ4v) is 2.63. The summed E-state index contributed by atoms with van der Waals surface area (Å²) < 4.78 is 5.88. The minimum absolute atomic E-state index is 0.622. The molecule has 1 nitrogen and oxygen atoms in total. The van der Waals surface area contributed by atoms with Crippen molar-refractivity contribution in [1.29, 1.82) is 0 Å². The highest BCUT2D eigenvalue weighted by Gasteiger charge is 2.12. The van der Waals surface area contributed by atoms with Gasteiger partial charge < -0.3 is 4.74 Å². The van der Waals surface area contributed by atoms with Crippen LogP contribution in [-0.4, -0.2) is 0 Å². The average molecular weight is 266 g/mol. The molecule has 1 aliphatic rings. The third kappa shape index (κ3) is 2.72. The van der Waals surface area contributed by atoms with Gasteiger partial charge in [0.2, 0.25) is 0 Å². The molecule has 0 saturated heterocycles. The van der Waals surface area contributed by atoms with Crippen molar-refractivity contribution in [2.45, 2.75) is 45.6 Å². The molecular formula is C19H22O. The first kappa shape index (κ1) is 13.2. The lowest BCUT2D eigenvalue weighted by Crippen LogP contribution is -2.09. The van der Waals surface area contributed by atoms with E-state index >= 15 is 0 Å². The maximum atomic E-state index is 5.88. The molecule has 0 fully saturated rings. The Labute approximate surface area is 121 Å². The van der Waals surface area contributed by atoms with Gasteiger partial charge in [0.05, 0.1) is 0 Å². The van der Waals surface area contributed by atoms with Gasteiger partial charge in [-0.2, -0.15) is 0 Å². The maximum Gasteiger partial charge on any atom is 0.119 e. The van der Waals surface area contributed by atoms with Crippen LogP contribution in [0.1, 0.15) is 48.4 Å². The molecule has 0 aliphatic heterocycles. The van der Waals surface area contributed by atoms with E-state index in [0.29, 0.717) is 12.5 Å². The molecule has 0 aromatic heterocycles. The van der Waals surface area contributed by atoms with E-state index in [1.54, 1.807) is 0 Å². The summed E-state index contributed by atoms with van der Waals surface area (Å²) in [7, 11) is 0. The van der Waals surface area contributed by atoms with Crippen LogP contribution < -0.4 is 4.74 Å². The normalized spacial score (nSPS) is 14.3. The SMILES string of the molecule is CCC(C)c1ccc(OCc2ccc3c(c2)CC3)cc1. The van der Waals surface area contributed by atoms with Gasteiger partial charge >= 0.3 is 0 Å². The first-order valence-corrected chi connectivity index (χ1v) is 7.59. The molecule has 0 amide bonds. The van der Waals surface area contributed by atoms with Crippen molar-refractivity contribution in [2.24, 2.45) is 0 Å². The Morgan fingerprint density at radius 1 is 1.00 bits per heavy atom. The number of fused-ring (bicyclic) bond motifs is 1. The van der Waals surface area contributed by atoms with Crippen molar-refractivity contribution in [1.82, 2.24) is 0 Å². The van der Waals surface area contributed by atoms with Crippen LogP contribution in [0.5, 0.6) is 5.75 Å². The van der Waals surface area contributed by atoms with E-state index in [2.05, 4.69) is 56.3 Å². The third-order valence-electron chi connectivity index (χ3n) is 4.40.